The SMILES string of the molecule is O=C(CC1CCNCC1)Nc1cncc(-c2cc3c(-c4nc5c(-c6ccccc6F)ccnc5[nH]4)n[nH]c3cn2)c1. The maximum atomic E-state index is 14.6. The molecule has 1 fully saturated rings. The summed E-state index contributed by atoms with van der Waals surface area (Å²) in [5.41, 5.74) is 5.54. The molecule has 41 heavy (non-hydrogen) atoms. The average molecular weight is 548 g/mol. The number of imidazole rings is 1. The first-order valence-corrected chi connectivity index (χ1v) is 13.5. The van der Waals surface area contributed by atoms with E-state index in [1.165, 1.54) is 6.07 Å². The van der Waals surface area contributed by atoms with Gasteiger partial charge in [0, 0.05) is 40.9 Å². The highest BCUT2D eigenvalue weighted by molar-refractivity contribution is 5.97. The zero-order chi connectivity index (χ0) is 27.8. The van der Waals surface area contributed by atoms with E-state index in [9.17, 15) is 9.18 Å². The van der Waals surface area contributed by atoms with Crippen molar-refractivity contribution in [1.29, 1.82) is 0 Å². The molecule has 10 nitrogen and oxygen atoms in total. The zero-order valence-electron chi connectivity index (χ0n) is 22.0. The summed E-state index contributed by atoms with van der Waals surface area (Å²) in [5.74, 6) is 0.553. The number of anilines is 1. The first-order valence-electron chi connectivity index (χ1n) is 13.5. The number of rotatable bonds is 6. The normalized spacial score (nSPS) is 14.1. The van der Waals surface area contributed by atoms with Crippen LogP contribution >= 0.6 is 0 Å². The van der Waals surface area contributed by atoms with Crippen LogP contribution in [0.5, 0.6) is 0 Å². The Labute approximate surface area is 233 Å². The third-order valence-corrected chi connectivity index (χ3v) is 7.47. The van der Waals surface area contributed by atoms with Gasteiger partial charge in [-0.1, -0.05) is 18.2 Å². The number of hydrogen-bond acceptors (Lipinski definition) is 7. The molecule has 6 heterocycles. The van der Waals surface area contributed by atoms with Crippen LogP contribution in [0.3, 0.4) is 0 Å². The monoisotopic (exact) mass is 547 g/mol. The van der Waals surface area contributed by atoms with E-state index in [2.05, 4.69) is 40.8 Å². The molecule has 1 amide bonds. The molecule has 0 radical (unpaired) electrons. The summed E-state index contributed by atoms with van der Waals surface area (Å²) < 4.78 is 14.6. The highest BCUT2D eigenvalue weighted by Crippen LogP contribution is 2.33. The number of aromatic amines is 2. The Morgan fingerprint density at radius 3 is 2.78 bits per heavy atom. The van der Waals surface area contributed by atoms with Crippen LogP contribution in [-0.4, -0.2) is 54.1 Å². The number of hydrogen-bond donors (Lipinski definition) is 4. The van der Waals surface area contributed by atoms with E-state index in [0.29, 0.717) is 57.5 Å². The number of aromatic nitrogens is 7. The molecule has 0 aliphatic carbocycles. The van der Waals surface area contributed by atoms with Gasteiger partial charge in [0.25, 0.3) is 0 Å². The van der Waals surface area contributed by atoms with E-state index in [1.807, 2.05) is 12.1 Å². The van der Waals surface area contributed by atoms with Crippen LogP contribution in [0, 0.1) is 11.7 Å². The standard InChI is InChI=1S/C30H26FN9O/c31-23-4-2-1-3-20(23)21-7-10-34-29-27(21)37-30(38-29)28-22-13-24(35-16-25(22)39-40-28)18-12-19(15-33-14-18)36-26(41)11-17-5-8-32-9-6-17/h1-4,7,10,12-17,32H,5-6,8-9,11H2,(H,36,41)(H,39,40)(H,34,37,38). The van der Waals surface area contributed by atoms with E-state index < -0.39 is 0 Å². The second-order valence-electron chi connectivity index (χ2n) is 10.2. The summed E-state index contributed by atoms with van der Waals surface area (Å²) in [6, 6.07) is 12.1. The highest BCUT2D eigenvalue weighted by Gasteiger charge is 2.19. The molecule has 7 rings (SSSR count). The van der Waals surface area contributed by atoms with E-state index in [0.717, 1.165) is 42.4 Å². The third-order valence-electron chi connectivity index (χ3n) is 7.47. The van der Waals surface area contributed by atoms with Crippen molar-refractivity contribution in [3.8, 4) is 33.9 Å². The Balaban J connectivity index is 1.20. The molecule has 204 valence electrons. The summed E-state index contributed by atoms with van der Waals surface area (Å²) in [6.07, 6.45) is 9.20. The molecule has 5 aromatic heterocycles. The number of carbonyl (C=O) groups is 1. The largest absolute Gasteiger partial charge is 0.325 e. The number of amides is 1. The van der Waals surface area contributed by atoms with Crippen LogP contribution in [-0.2, 0) is 4.79 Å². The second kappa shape index (κ2) is 10.5. The van der Waals surface area contributed by atoms with Crippen molar-refractivity contribution < 1.29 is 9.18 Å². The average Bonchev–Trinajstić information content (AvgIpc) is 3.62. The summed E-state index contributed by atoms with van der Waals surface area (Å²) in [4.78, 5) is 34.0. The highest BCUT2D eigenvalue weighted by atomic mass is 19.1. The first kappa shape index (κ1) is 25.0. The number of benzene rings is 1. The number of H-pyrrole nitrogens is 2. The van der Waals surface area contributed by atoms with Crippen molar-refractivity contribution in [2.75, 3.05) is 18.4 Å². The molecule has 4 N–H and O–H groups in total. The zero-order valence-corrected chi connectivity index (χ0v) is 22.0. The van der Waals surface area contributed by atoms with Crippen LogP contribution in [0.4, 0.5) is 10.1 Å². The molecule has 0 unspecified atom stereocenters. The molecule has 1 aromatic carbocycles. The van der Waals surface area contributed by atoms with Crippen molar-refractivity contribution in [1.82, 2.24) is 40.4 Å². The molecule has 6 aromatic rings. The Bertz CT molecular complexity index is 1890. The van der Waals surface area contributed by atoms with Gasteiger partial charge >= 0.3 is 0 Å². The lowest BCUT2D eigenvalue weighted by Gasteiger charge is -2.21. The molecule has 1 saturated heterocycles. The van der Waals surface area contributed by atoms with Gasteiger partial charge in [0.1, 0.15) is 17.0 Å². The van der Waals surface area contributed by atoms with Gasteiger partial charge < -0.3 is 15.6 Å². The molecule has 1 aliphatic heterocycles. The summed E-state index contributed by atoms with van der Waals surface area (Å²) in [5, 5.41) is 14.6. The first-order chi connectivity index (χ1) is 20.1. The van der Waals surface area contributed by atoms with Crippen molar-refractivity contribution in [3.63, 3.8) is 0 Å². The van der Waals surface area contributed by atoms with Gasteiger partial charge in [-0.05, 0) is 56.1 Å². The van der Waals surface area contributed by atoms with Crippen LogP contribution in [0.1, 0.15) is 19.3 Å². The fourth-order valence-electron chi connectivity index (χ4n) is 5.38. The molecular weight excluding hydrogens is 521 g/mol. The lowest BCUT2D eigenvalue weighted by Crippen LogP contribution is -2.30. The second-order valence-corrected chi connectivity index (χ2v) is 10.2. The lowest BCUT2D eigenvalue weighted by atomic mass is 9.94. The van der Waals surface area contributed by atoms with Gasteiger partial charge in [-0.3, -0.25) is 19.9 Å². The van der Waals surface area contributed by atoms with Gasteiger partial charge in [0.15, 0.2) is 11.5 Å². The molecule has 0 saturated carbocycles. The molecule has 0 bridgehead atoms. The van der Waals surface area contributed by atoms with E-state index in [4.69, 9.17) is 4.98 Å². The minimum Gasteiger partial charge on any atom is -0.325 e. The van der Waals surface area contributed by atoms with Crippen LogP contribution in [0.15, 0.2) is 67.3 Å². The van der Waals surface area contributed by atoms with Gasteiger partial charge in [0.2, 0.25) is 5.91 Å². The predicted molar refractivity (Wildman–Crippen MR) is 154 cm³/mol. The van der Waals surface area contributed by atoms with Crippen molar-refractivity contribution in [2.45, 2.75) is 19.3 Å². The van der Waals surface area contributed by atoms with E-state index in [-0.39, 0.29) is 11.7 Å². The van der Waals surface area contributed by atoms with Crippen molar-refractivity contribution in [2.24, 2.45) is 5.92 Å². The fraction of sp³-hybridized carbons (Fsp3) is 0.200. The van der Waals surface area contributed by atoms with Gasteiger partial charge in [-0.2, -0.15) is 5.10 Å². The summed E-state index contributed by atoms with van der Waals surface area (Å²) >= 11 is 0. The number of pyridine rings is 3. The number of piperidine rings is 1. The Hall–Kier alpha value is -5.03. The minimum atomic E-state index is -0.330. The number of nitrogens with one attached hydrogen (secondary N) is 4. The Kier molecular flexibility index (Phi) is 6.40. The fourth-order valence-corrected chi connectivity index (χ4v) is 5.38. The van der Waals surface area contributed by atoms with Crippen molar-refractivity contribution in [3.05, 3.63) is 73.1 Å². The molecule has 0 spiro atoms. The van der Waals surface area contributed by atoms with Crippen LogP contribution in [0.2, 0.25) is 0 Å². The van der Waals surface area contributed by atoms with Gasteiger partial charge in [-0.25, -0.2) is 14.4 Å². The lowest BCUT2D eigenvalue weighted by molar-refractivity contribution is -0.117. The molecule has 1 aliphatic rings. The molecular formula is C30H26FN9O. The Morgan fingerprint density at radius 2 is 1.90 bits per heavy atom. The van der Waals surface area contributed by atoms with Gasteiger partial charge in [0.05, 0.1) is 29.3 Å². The maximum Gasteiger partial charge on any atom is 0.224 e. The molecule has 11 heteroatoms. The van der Waals surface area contributed by atoms with E-state index in [1.54, 1.807) is 49.1 Å². The topological polar surface area (TPSA) is 137 Å². The van der Waals surface area contributed by atoms with Crippen molar-refractivity contribution >= 4 is 33.7 Å². The number of carbonyl (C=O) groups excluding carboxylic acids is 1. The number of fused-ring (bicyclic) bond motifs is 2. The number of halogens is 1. The van der Waals surface area contributed by atoms with Crippen LogP contribution in [0.25, 0.3) is 56.0 Å². The third kappa shape index (κ3) is 4.91. The predicted octanol–water partition coefficient (Wildman–Crippen LogP) is 5.09. The van der Waals surface area contributed by atoms with Gasteiger partial charge in [-0.15, -0.1) is 0 Å². The quantitative estimate of drug-likeness (QED) is 0.228. The summed E-state index contributed by atoms with van der Waals surface area (Å²) in [7, 11) is 0. The maximum absolute atomic E-state index is 14.6. The Morgan fingerprint density at radius 1 is 1.02 bits per heavy atom. The number of nitrogens with zero attached hydrogens (tertiary/aromatic N) is 5. The smallest absolute Gasteiger partial charge is 0.224 e. The minimum absolute atomic E-state index is 0.00960. The van der Waals surface area contributed by atoms with Crippen LogP contribution < -0.4 is 10.6 Å². The van der Waals surface area contributed by atoms with E-state index >= 15 is 0 Å². The molecule has 0 atom stereocenters. The summed E-state index contributed by atoms with van der Waals surface area (Å²) in [6.45, 7) is 1.91.